The van der Waals surface area contributed by atoms with Crippen LogP contribution in [-0.4, -0.2) is 52.1 Å². The number of hydrogen-bond acceptors (Lipinski definition) is 4. The van der Waals surface area contributed by atoms with Crippen molar-refractivity contribution in [3.05, 3.63) is 57.9 Å². The smallest absolute Gasteiger partial charge is 0.275 e. The first-order valence-electron chi connectivity index (χ1n) is 12.2. The molecule has 0 atom stereocenters. The van der Waals surface area contributed by atoms with Crippen LogP contribution in [0.1, 0.15) is 39.5 Å². The normalized spacial score (nSPS) is 14.5. The molecule has 35 heavy (non-hydrogen) atoms. The number of fused-ring (bicyclic) bond motifs is 1. The molecule has 0 spiro atoms. The van der Waals surface area contributed by atoms with Gasteiger partial charge in [-0.25, -0.2) is 4.39 Å². The number of halogens is 2. The number of carbonyl (C=O) groups excluding carboxylic acids is 1. The fourth-order valence-corrected chi connectivity index (χ4v) is 4.67. The van der Waals surface area contributed by atoms with Crippen LogP contribution in [0.4, 0.5) is 4.39 Å². The van der Waals surface area contributed by atoms with Gasteiger partial charge >= 0.3 is 0 Å². The molecular weight excluding hydrogens is 471 g/mol. The molecule has 0 saturated carbocycles. The Balaban J connectivity index is 1.62. The highest BCUT2D eigenvalue weighted by Crippen LogP contribution is 2.27. The van der Waals surface area contributed by atoms with Crippen molar-refractivity contribution in [2.75, 3.05) is 26.2 Å². The highest BCUT2D eigenvalue weighted by molar-refractivity contribution is 6.30. The van der Waals surface area contributed by atoms with Crippen LogP contribution in [0.25, 0.3) is 16.8 Å². The van der Waals surface area contributed by atoms with E-state index < -0.39 is 11.4 Å². The molecule has 3 heterocycles. The van der Waals surface area contributed by atoms with Gasteiger partial charge in [0.1, 0.15) is 23.6 Å². The Morgan fingerprint density at radius 1 is 1.17 bits per heavy atom. The lowest BCUT2D eigenvalue weighted by Gasteiger charge is -2.26. The first kappa shape index (κ1) is 25.3. The van der Waals surface area contributed by atoms with Crippen LogP contribution >= 0.6 is 11.6 Å². The Morgan fingerprint density at radius 3 is 2.69 bits per heavy atom. The highest BCUT2D eigenvalue weighted by atomic mass is 35.5. The molecule has 4 rings (SSSR count). The fourth-order valence-electron chi connectivity index (χ4n) is 4.50. The third kappa shape index (κ3) is 6.24. The monoisotopic (exact) mass is 502 g/mol. The van der Waals surface area contributed by atoms with E-state index in [4.69, 9.17) is 16.3 Å². The number of ether oxygens (including phenoxy) is 1. The van der Waals surface area contributed by atoms with Crippen molar-refractivity contribution >= 4 is 23.0 Å². The average molecular weight is 503 g/mol. The van der Waals surface area contributed by atoms with E-state index in [2.05, 4.69) is 10.2 Å². The fraction of sp³-hybridized carbons (Fsp3) is 0.462. The van der Waals surface area contributed by atoms with Gasteiger partial charge in [0.25, 0.3) is 5.56 Å². The van der Waals surface area contributed by atoms with Crippen LogP contribution in [0.2, 0.25) is 5.02 Å². The molecule has 7 nitrogen and oxygen atoms in total. The number of hydrogen-bond donors (Lipinski definition) is 1. The second-order valence-electron chi connectivity index (χ2n) is 9.32. The van der Waals surface area contributed by atoms with Gasteiger partial charge < -0.3 is 19.4 Å². The molecule has 1 aliphatic heterocycles. The zero-order chi connectivity index (χ0) is 24.9. The summed E-state index contributed by atoms with van der Waals surface area (Å²) in [6.07, 6.45) is 8.05. The molecule has 0 bridgehead atoms. The summed E-state index contributed by atoms with van der Waals surface area (Å²) in [4.78, 5) is 28.4. The van der Waals surface area contributed by atoms with Gasteiger partial charge in [0.05, 0.1) is 18.5 Å². The van der Waals surface area contributed by atoms with Crippen LogP contribution < -0.4 is 15.6 Å². The van der Waals surface area contributed by atoms with Crippen LogP contribution in [0.3, 0.4) is 0 Å². The summed E-state index contributed by atoms with van der Waals surface area (Å²) in [7, 11) is 0. The molecule has 1 aromatic carbocycles. The number of aromatic nitrogens is 2. The number of nitrogens with one attached hydrogen (secondary N) is 1. The van der Waals surface area contributed by atoms with Crippen LogP contribution in [0, 0.1) is 5.82 Å². The van der Waals surface area contributed by atoms with Crippen molar-refractivity contribution in [1.29, 1.82) is 0 Å². The number of rotatable bonds is 9. The van der Waals surface area contributed by atoms with Crippen molar-refractivity contribution < 1.29 is 13.9 Å². The van der Waals surface area contributed by atoms with Gasteiger partial charge in [-0.2, -0.15) is 0 Å². The van der Waals surface area contributed by atoms with Gasteiger partial charge in [-0.1, -0.05) is 18.0 Å². The molecule has 3 aromatic rings. The summed E-state index contributed by atoms with van der Waals surface area (Å²) >= 11 is 6.12. The largest absolute Gasteiger partial charge is 0.492 e. The number of benzene rings is 1. The predicted octanol–water partition coefficient (Wildman–Crippen LogP) is 4.34. The van der Waals surface area contributed by atoms with E-state index in [-0.39, 0.29) is 29.8 Å². The minimum absolute atomic E-state index is 0.0912. The second kappa shape index (κ2) is 11.3. The Bertz CT molecular complexity index is 1250. The minimum atomic E-state index is -0.535. The van der Waals surface area contributed by atoms with Crippen molar-refractivity contribution in [2.24, 2.45) is 0 Å². The lowest BCUT2D eigenvalue weighted by Crippen LogP contribution is -2.37. The number of piperidine rings is 1. The molecule has 188 valence electrons. The van der Waals surface area contributed by atoms with Crippen LogP contribution in [0.15, 0.2) is 41.5 Å². The molecule has 2 aromatic heterocycles. The molecule has 1 saturated heterocycles. The lowest BCUT2D eigenvalue weighted by atomic mass is 10.1. The second-order valence-corrected chi connectivity index (χ2v) is 9.76. The first-order chi connectivity index (χ1) is 16.8. The Labute approximate surface area is 209 Å². The number of likely N-dealkylation sites (tertiary alicyclic amines) is 1. The topological polar surface area (TPSA) is 68.0 Å². The molecule has 1 aliphatic rings. The summed E-state index contributed by atoms with van der Waals surface area (Å²) in [5, 5.41) is 3.11. The van der Waals surface area contributed by atoms with E-state index in [1.807, 2.05) is 13.8 Å². The maximum atomic E-state index is 14.8. The third-order valence-corrected chi connectivity index (χ3v) is 6.37. The number of carbonyl (C=O) groups is 1. The van der Waals surface area contributed by atoms with E-state index in [0.29, 0.717) is 22.9 Å². The standard InChI is InChI=1S/C26H32ClFN4O3/c1-18(2)29-25(33)17-32-24(21-13-19(27)7-8-22(21)28)16-31-15-20(14-23(31)26(32)34)35-12-6-11-30-9-4-3-5-10-30/h7-8,13-16,18H,3-6,9-12,17H2,1-2H3,(H,29,33). The molecule has 9 heteroatoms. The molecule has 1 fully saturated rings. The van der Waals surface area contributed by atoms with Crippen molar-refractivity contribution in [3.8, 4) is 17.0 Å². The Hall–Kier alpha value is -2.84. The van der Waals surface area contributed by atoms with Gasteiger partial charge in [0, 0.05) is 35.4 Å². The van der Waals surface area contributed by atoms with E-state index in [1.54, 1.807) is 22.9 Å². The van der Waals surface area contributed by atoms with E-state index in [1.165, 1.54) is 42.0 Å². The molecule has 1 N–H and O–H groups in total. The van der Waals surface area contributed by atoms with Gasteiger partial charge in [-0.3, -0.25) is 14.2 Å². The van der Waals surface area contributed by atoms with Crippen molar-refractivity contribution in [1.82, 2.24) is 19.2 Å². The SMILES string of the molecule is CC(C)NC(=O)Cn1c(-c2cc(Cl)ccc2F)cn2cc(OCCCN3CCCCC3)cc2c1=O. The molecule has 0 radical (unpaired) electrons. The summed E-state index contributed by atoms with van der Waals surface area (Å²) in [5.41, 5.74) is 0.337. The van der Waals surface area contributed by atoms with Crippen molar-refractivity contribution in [2.45, 2.75) is 52.1 Å². The van der Waals surface area contributed by atoms with Crippen molar-refractivity contribution in [3.63, 3.8) is 0 Å². The Morgan fingerprint density at radius 2 is 1.94 bits per heavy atom. The lowest BCUT2D eigenvalue weighted by molar-refractivity contribution is -0.122. The maximum absolute atomic E-state index is 14.8. The predicted molar refractivity (Wildman–Crippen MR) is 136 cm³/mol. The Kier molecular flexibility index (Phi) is 8.13. The zero-order valence-electron chi connectivity index (χ0n) is 20.2. The van der Waals surface area contributed by atoms with Gasteiger partial charge in [-0.15, -0.1) is 0 Å². The van der Waals surface area contributed by atoms with Crippen LogP contribution in [0.5, 0.6) is 5.75 Å². The summed E-state index contributed by atoms with van der Waals surface area (Å²) in [6.45, 7) is 7.24. The summed E-state index contributed by atoms with van der Waals surface area (Å²) < 4.78 is 23.6. The molecule has 0 unspecified atom stereocenters. The summed E-state index contributed by atoms with van der Waals surface area (Å²) in [5.74, 6) is -0.314. The van der Waals surface area contributed by atoms with Crippen LogP contribution in [-0.2, 0) is 11.3 Å². The van der Waals surface area contributed by atoms with Gasteiger partial charge in [0.15, 0.2) is 0 Å². The average Bonchev–Trinajstić information content (AvgIpc) is 3.23. The van der Waals surface area contributed by atoms with E-state index in [0.717, 1.165) is 26.1 Å². The van der Waals surface area contributed by atoms with Gasteiger partial charge in [0.2, 0.25) is 5.91 Å². The number of amides is 1. The van der Waals surface area contributed by atoms with E-state index >= 15 is 0 Å². The zero-order valence-corrected chi connectivity index (χ0v) is 21.0. The van der Waals surface area contributed by atoms with Gasteiger partial charge in [-0.05, 0) is 64.4 Å². The number of nitrogens with zero attached hydrogens (tertiary/aromatic N) is 3. The molecule has 0 aliphatic carbocycles. The molecule has 1 amide bonds. The quantitative estimate of drug-likeness (QED) is 0.442. The third-order valence-electron chi connectivity index (χ3n) is 6.13. The molecular formula is C26H32ClFN4O3. The highest BCUT2D eigenvalue weighted by Gasteiger charge is 2.19. The maximum Gasteiger partial charge on any atom is 0.275 e. The van der Waals surface area contributed by atoms with E-state index in [9.17, 15) is 14.0 Å². The first-order valence-corrected chi connectivity index (χ1v) is 12.5. The minimum Gasteiger partial charge on any atom is -0.492 e. The summed E-state index contributed by atoms with van der Waals surface area (Å²) in [6, 6.07) is 5.72.